The van der Waals surface area contributed by atoms with Crippen molar-refractivity contribution in [3.63, 3.8) is 0 Å². The van der Waals surface area contributed by atoms with Gasteiger partial charge in [0, 0.05) is 44.2 Å². The van der Waals surface area contributed by atoms with Gasteiger partial charge in [0.25, 0.3) is 0 Å². The van der Waals surface area contributed by atoms with Gasteiger partial charge in [0.2, 0.25) is 0 Å². The fourth-order valence-electron chi connectivity index (χ4n) is 5.64. The molecule has 2 aliphatic rings. The van der Waals surface area contributed by atoms with Crippen LogP contribution >= 0.6 is 15.9 Å². The van der Waals surface area contributed by atoms with E-state index < -0.39 is 48.5 Å². The van der Waals surface area contributed by atoms with Gasteiger partial charge in [-0.25, -0.2) is 13.9 Å². The lowest BCUT2D eigenvalue weighted by molar-refractivity contribution is -0.212. The molecular formula is C29H37BrFN5O7. The molecule has 0 unspecified atom stereocenters. The smallest absolute Gasteiger partial charge is 0.410 e. The molecule has 1 amide bonds. The number of likely N-dealkylation sites (tertiary alicyclic amines) is 1. The lowest BCUT2D eigenvalue weighted by Gasteiger charge is -2.43. The van der Waals surface area contributed by atoms with Gasteiger partial charge in [0.15, 0.2) is 0 Å². The van der Waals surface area contributed by atoms with Crippen molar-refractivity contribution in [2.75, 3.05) is 26.8 Å². The summed E-state index contributed by atoms with van der Waals surface area (Å²) < 4.78 is 39.0. The zero-order valence-electron chi connectivity index (χ0n) is 24.5. The van der Waals surface area contributed by atoms with Crippen LogP contribution < -0.4 is 0 Å². The van der Waals surface area contributed by atoms with Crippen LogP contribution in [0.2, 0.25) is 0 Å². The molecule has 2 aromatic heterocycles. The van der Waals surface area contributed by atoms with Crippen molar-refractivity contribution in [3.8, 4) is 11.3 Å². The number of carbonyl (C=O) groups is 1. The molecule has 14 heteroatoms. The van der Waals surface area contributed by atoms with E-state index in [9.17, 15) is 19.4 Å². The van der Waals surface area contributed by atoms with E-state index in [2.05, 4.69) is 31.4 Å². The first kappa shape index (κ1) is 31.5. The van der Waals surface area contributed by atoms with Gasteiger partial charge in [-0.3, -0.25) is 0 Å². The van der Waals surface area contributed by atoms with E-state index >= 15 is 0 Å². The van der Waals surface area contributed by atoms with Crippen LogP contribution in [0, 0.1) is 5.82 Å². The van der Waals surface area contributed by atoms with Crippen LogP contribution in [0.25, 0.3) is 11.3 Å². The Morgan fingerprint density at radius 1 is 1.21 bits per heavy atom. The van der Waals surface area contributed by atoms with Gasteiger partial charge in [-0.05, 0) is 61.7 Å². The number of aromatic nitrogens is 4. The van der Waals surface area contributed by atoms with Gasteiger partial charge < -0.3 is 33.8 Å². The third-order valence-electron chi connectivity index (χ3n) is 7.81. The zero-order valence-corrected chi connectivity index (χ0v) is 26.1. The highest BCUT2D eigenvalue weighted by atomic mass is 79.9. The Morgan fingerprint density at radius 3 is 2.60 bits per heavy atom. The number of aliphatic hydroxyl groups is 2. The van der Waals surface area contributed by atoms with E-state index in [4.69, 9.17) is 18.7 Å². The molecule has 0 spiro atoms. The average Bonchev–Trinajstić information content (AvgIpc) is 3.64. The molecular weight excluding hydrogens is 629 g/mol. The first-order chi connectivity index (χ1) is 20.5. The number of aliphatic hydroxyl groups excluding tert-OH is 2. The van der Waals surface area contributed by atoms with Crippen molar-refractivity contribution in [3.05, 3.63) is 52.2 Å². The molecule has 1 aromatic carbocycles. The number of carbonyl (C=O) groups excluding carboxylic acids is 1. The molecule has 0 saturated carbocycles. The number of rotatable bonds is 7. The molecule has 0 aliphatic carbocycles. The summed E-state index contributed by atoms with van der Waals surface area (Å²) in [5.41, 5.74) is 1.18. The monoisotopic (exact) mass is 665 g/mol. The fourth-order valence-corrected chi connectivity index (χ4v) is 5.89. The number of hydrogen-bond acceptors (Lipinski definition) is 10. The van der Waals surface area contributed by atoms with Crippen LogP contribution in [0.15, 0.2) is 39.5 Å². The van der Waals surface area contributed by atoms with Gasteiger partial charge in [0.1, 0.15) is 47.2 Å². The van der Waals surface area contributed by atoms with Gasteiger partial charge >= 0.3 is 6.09 Å². The highest BCUT2D eigenvalue weighted by Gasteiger charge is 2.47. The lowest BCUT2D eigenvalue weighted by atomic mass is 9.90. The Labute approximate surface area is 257 Å². The second kappa shape index (κ2) is 13.0. The highest BCUT2D eigenvalue weighted by molar-refractivity contribution is 9.10. The summed E-state index contributed by atoms with van der Waals surface area (Å²) in [6, 6.07) is 5.75. The quantitative estimate of drug-likeness (QED) is 0.381. The second-order valence-corrected chi connectivity index (χ2v) is 12.8. The number of benzene rings is 1. The maximum atomic E-state index is 14.1. The minimum atomic E-state index is -1.16. The predicted molar refractivity (Wildman–Crippen MR) is 155 cm³/mol. The van der Waals surface area contributed by atoms with Crippen molar-refractivity contribution in [2.24, 2.45) is 0 Å². The number of nitrogens with zero attached hydrogens (tertiary/aromatic N) is 5. The van der Waals surface area contributed by atoms with Gasteiger partial charge in [-0.15, -0.1) is 5.10 Å². The number of amides is 1. The zero-order chi connectivity index (χ0) is 30.9. The normalized spacial score (nSPS) is 25.2. The second-order valence-electron chi connectivity index (χ2n) is 12.0. The maximum Gasteiger partial charge on any atom is 0.410 e. The summed E-state index contributed by atoms with van der Waals surface area (Å²) in [6.45, 7) is 6.23. The summed E-state index contributed by atoms with van der Waals surface area (Å²) in [5, 5.41) is 33.8. The molecule has 0 bridgehead atoms. The van der Waals surface area contributed by atoms with E-state index in [0.29, 0.717) is 34.6 Å². The topological polar surface area (TPSA) is 145 Å². The third-order valence-corrected chi connectivity index (χ3v) is 8.45. The van der Waals surface area contributed by atoms with Crippen molar-refractivity contribution < 1.29 is 38.1 Å². The number of hydrogen-bond donors (Lipinski definition) is 2. The van der Waals surface area contributed by atoms with Crippen LogP contribution in [0.5, 0.6) is 0 Å². The van der Waals surface area contributed by atoms with Gasteiger partial charge in [-0.1, -0.05) is 16.4 Å². The molecule has 2 aliphatic heterocycles. The van der Waals surface area contributed by atoms with Crippen LogP contribution in [-0.2, 0) is 20.6 Å². The Hall–Kier alpha value is -2.91. The van der Waals surface area contributed by atoms with E-state index in [-0.39, 0.29) is 18.4 Å². The van der Waals surface area contributed by atoms with Crippen LogP contribution in [0.1, 0.15) is 57.0 Å². The summed E-state index contributed by atoms with van der Waals surface area (Å²) in [4.78, 5) is 14.1. The lowest BCUT2D eigenvalue weighted by Crippen LogP contribution is -2.57. The average molecular weight is 667 g/mol. The van der Waals surface area contributed by atoms with Crippen molar-refractivity contribution in [1.82, 2.24) is 25.1 Å². The number of piperidine rings is 1. The Bertz CT molecular complexity index is 1400. The minimum Gasteiger partial charge on any atom is -0.444 e. The summed E-state index contributed by atoms with van der Waals surface area (Å²) in [5.74, 6) is 0.250. The molecule has 5 atom stereocenters. The predicted octanol–water partition coefficient (Wildman–Crippen LogP) is 3.87. The standard InChI is InChI=1S/C29H37BrFN5O7/c1-29(2,3)42-28(39)35-9-7-16(8-10-35)21-12-18(43-33-21)13-23-27(40-4)25(26(38)24(15-37)41-23)36-14-22(32-34-36)17-5-6-19(30)20(31)11-17/h5-6,11-12,14,16,23-27,37-38H,7-10,13,15H2,1-4H3/t23-,24-,25+,26+,27+/m1/s1. The first-order valence-corrected chi connectivity index (χ1v) is 15.0. The molecule has 2 N–H and O–H groups in total. The molecule has 4 heterocycles. The van der Waals surface area contributed by atoms with Crippen LogP contribution in [0.4, 0.5) is 9.18 Å². The molecule has 3 aromatic rings. The number of ether oxygens (including phenoxy) is 3. The molecule has 0 radical (unpaired) electrons. The van der Waals surface area contributed by atoms with E-state index in [1.807, 2.05) is 26.8 Å². The van der Waals surface area contributed by atoms with E-state index in [1.165, 1.54) is 17.9 Å². The van der Waals surface area contributed by atoms with Gasteiger partial charge in [-0.2, -0.15) is 0 Å². The third kappa shape index (κ3) is 7.09. The van der Waals surface area contributed by atoms with Crippen molar-refractivity contribution >= 4 is 22.0 Å². The summed E-state index contributed by atoms with van der Waals surface area (Å²) in [6.07, 6.45) is -0.389. The largest absolute Gasteiger partial charge is 0.444 e. The highest BCUT2D eigenvalue weighted by Crippen LogP contribution is 2.35. The Kier molecular flexibility index (Phi) is 9.52. The Morgan fingerprint density at radius 2 is 1.95 bits per heavy atom. The number of methoxy groups -OCH3 is 1. The van der Waals surface area contributed by atoms with Crippen LogP contribution in [0.3, 0.4) is 0 Å². The Balaban J connectivity index is 1.28. The molecule has 234 valence electrons. The van der Waals surface area contributed by atoms with E-state index in [0.717, 1.165) is 18.5 Å². The number of halogens is 2. The summed E-state index contributed by atoms with van der Waals surface area (Å²) >= 11 is 3.15. The SMILES string of the molecule is CO[C@@H]1[C@@H](n2cc(-c3ccc(Br)c(F)c3)nn2)[C@@H](O)[C@@H](CO)O[C@@H]1Cc1cc(C2CCN(C(=O)OC(C)(C)C)CC2)no1. The summed E-state index contributed by atoms with van der Waals surface area (Å²) in [7, 11) is 1.51. The molecule has 2 fully saturated rings. The van der Waals surface area contributed by atoms with Crippen molar-refractivity contribution in [2.45, 2.75) is 82.0 Å². The fraction of sp³-hybridized carbons (Fsp3) is 0.586. The van der Waals surface area contributed by atoms with E-state index in [1.54, 1.807) is 23.2 Å². The minimum absolute atomic E-state index is 0.124. The maximum absolute atomic E-state index is 14.1. The first-order valence-electron chi connectivity index (χ1n) is 14.2. The van der Waals surface area contributed by atoms with Crippen LogP contribution in [-0.4, -0.2) is 98.2 Å². The molecule has 12 nitrogen and oxygen atoms in total. The van der Waals surface area contributed by atoms with Gasteiger partial charge in [0.05, 0.1) is 29.1 Å². The van der Waals surface area contributed by atoms with Crippen molar-refractivity contribution in [1.29, 1.82) is 0 Å². The molecule has 2 saturated heterocycles. The molecule has 5 rings (SSSR count). The molecule has 43 heavy (non-hydrogen) atoms.